The molecule has 0 bridgehead atoms. The Balaban J connectivity index is 2.26. The summed E-state index contributed by atoms with van der Waals surface area (Å²) in [4.78, 5) is 0. The van der Waals surface area contributed by atoms with Crippen LogP contribution in [0.1, 0.15) is 18.4 Å². The third kappa shape index (κ3) is 2.27. The van der Waals surface area contributed by atoms with Gasteiger partial charge in [0.15, 0.2) is 0 Å². The Morgan fingerprint density at radius 2 is 1.87 bits per heavy atom. The first kappa shape index (κ1) is 9.97. The van der Waals surface area contributed by atoms with Crippen molar-refractivity contribution in [2.24, 2.45) is 5.92 Å². The van der Waals surface area contributed by atoms with Gasteiger partial charge in [-0.15, -0.1) is 0 Å². The monoisotopic (exact) mass is 196 g/mol. The average molecular weight is 196 g/mol. The van der Waals surface area contributed by atoms with Crippen LogP contribution in [0.15, 0.2) is 61.2 Å². The van der Waals surface area contributed by atoms with Crippen LogP contribution in [0.3, 0.4) is 0 Å². The van der Waals surface area contributed by atoms with Crippen LogP contribution >= 0.6 is 0 Å². The molecule has 0 unspecified atom stereocenters. The summed E-state index contributed by atoms with van der Waals surface area (Å²) in [7, 11) is 0. The maximum atomic E-state index is 4.19. The summed E-state index contributed by atoms with van der Waals surface area (Å²) in [5.41, 5.74) is 3.73. The van der Waals surface area contributed by atoms with Crippen LogP contribution in [0.5, 0.6) is 0 Å². The van der Waals surface area contributed by atoms with Crippen LogP contribution < -0.4 is 0 Å². The molecule has 0 spiro atoms. The first-order valence-corrected chi connectivity index (χ1v) is 5.40. The van der Waals surface area contributed by atoms with Gasteiger partial charge in [0, 0.05) is 0 Å². The lowest BCUT2D eigenvalue weighted by Crippen LogP contribution is -1.90. The highest BCUT2D eigenvalue weighted by molar-refractivity contribution is 5.78. The molecule has 1 aliphatic rings. The Bertz CT molecular complexity index is 391. The SMILES string of the molecule is C=C/C=C(/C(=C)c1ccccc1)C1CC1. The van der Waals surface area contributed by atoms with Gasteiger partial charge in [-0.2, -0.15) is 0 Å². The second kappa shape index (κ2) is 4.31. The molecule has 0 aliphatic heterocycles. The fourth-order valence-corrected chi connectivity index (χ4v) is 1.81. The summed E-state index contributed by atoms with van der Waals surface area (Å²) in [6.45, 7) is 7.96. The molecular formula is C15H16. The van der Waals surface area contributed by atoms with Crippen LogP contribution in [-0.2, 0) is 0 Å². The molecule has 0 amide bonds. The van der Waals surface area contributed by atoms with E-state index in [2.05, 4.69) is 43.5 Å². The van der Waals surface area contributed by atoms with Crippen molar-refractivity contribution in [3.63, 3.8) is 0 Å². The van der Waals surface area contributed by atoms with Gasteiger partial charge >= 0.3 is 0 Å². The van der Waals surface area contributed by atoms with E-state index in [0.29, 0.717) is 0 Å². The van der Waals surface area contributed by atoms with Crippen molar-refractivity contribution in [2.75, 3.05) is 0 Å². The smallest absolute Gasteiger partial charge is 0.0156 e. The Morgan fingerprint density at radius 1 is 1.20 bits per heavy atom. The highest BCUT2D eigenvalue weighted by atomic mass is 14.3. The second-order valence-electron chi connectivity index (χ2n) is 3.98. The molecule has 0 heterocycles. The minimum absolute atomic E-state index is 0.718. The molecule has 0 nitrogen and oxygen atoms in total. The number of hydrogen-bond acceptors (Lipinski definition) is 0. The number of hydrogen-bond donors (Lipinski definition) is 0. The van der Waals surface area contributed by atoms with Crippen molar-refractivity contribution in [2.45, 2.75) is 12.8 Å². The third-order valence-electron chi connectivity index (χ3n) is 2.79. The fraction of sp³-hybridized carbons (Fsp3) is 0.200. The summed E-state index contributed by atoms with van der Waals surface area (Å²) in [6.07, 6.45) is 6.56. The van der Waals surface area contributed by atoms with E-state index in [4.69, 9.17) is 0 Å². The van der Waals surface area contributed by atoms with Gasteiger partial charge < -0.3 is 0 Å². The Labute approximate surface area is 91.6 Å². The zero-order chi connectivity index (χ0) is 10.7. The Morgan fingerprint density at radius 3 is 2.40 bits per heavy atom. The molecule has 0 atom stereocenters. The summed E-state index contributed by atoms with van der Waals surface area (Å²) < 4.78 is 0. The predicted molar refractivity (Wildman–Crippen MR) is 66.5 cm³/mol. The van der Waals surface area contributed by atoms with Gasteiger partial charge in [0.25, 0.3) is 0 Å². The van der Waals surface area contributed by atoms with E-state index in [1.165, 1.54) is 24.0 Å². The van der Waals surface area contributed by atoms with E-state index in [1.54, 1.807) is 0 Å². The molecular weight excluding hydrogens is 180 g/mol. The molecule has 76 valence electrons. The molecule has 1 saturated carbocycles. The molecule has 1 aliphatic carbocycles. The Kier molecular flexibility index (Phi) is 2.86. The van der Waals surface area contributed by atoms with E-state index in [1.807, 2.05) is 12.1 Å². The molecule has 15 heavy (non-hydrogen) atoms. The normalized spacial score (nSPS) is 16.1. The lowest BCUT2D eigenvalue weighted by atomic mass is 9.96. The maximum Gasteiger partial charge on any atom is -0.0156 e. The van der Waals surface area contributed by atoms with E-state index in [0.717, 1.165) is 11.5 Å². The molecule has 1 aromatic carbocycles. The van der Waals surface area contributed by atoms with Gasteiger partial charge in [0.1, 0.15) is 0 Å². The molecule has 1 aromatic rings. The van der Waals surface area contributed by atoms with Gasteiger partial charge in [-0.1, -0.05) is 55.6 Å². The van der Waals surface area contributed by atoms with E-state index < -0.39 is 0 Å². The van der Waals surface area contributed by atoms with Crippen LogP contribution in [0, 0.1) is 5.92 Å². The summed E-state index contributed by atoms with van der Waals surface area (Å²) >= 11 is 0. The molecule has 1 fully saturated rings. The largest absolute Gasteiger partial charge is 0.0991 e. The van der Waals surface area contributed by atoms with Crippen molar-refractivity contribution in [3.8, 4) is 0 Å². The van der Waals surface area contributed by atoms with Gasteiger partial charge in [-0.05, 0) is 35.5 Å². The van der Waals surface area contributed by atoms with Gasteiger partial charge in [-0.25, -0.2) is 0 Å². The molecule has 0 heteroatoms. The van der Waals surface area contributed by atoms with Crippen molar-refractivity contribution in [1.82, 2.24) is 0 Å². The van der Waals surface area contributed by atoms with Crippen LogP contribution in [0.25, 0.3) is 5.57 Å². The average Bonchev–Trinajstić information content (AvgIpc) is 3.10. The van der Waals surface area contributed by atoms with E-state index in [-0.39, 0.29) is 0 Å². The lowest BCUT2D eigenvalue weighted by molar-refractivity contribution is 1.06. The standard InChI is InChI=1S/C15H16/c1-3-7-15(14-10-11-14)12(2)13-8-5-4-6-9-13/h3-9,14H,1-2,10-11H2/b15-7-. The first-order chi connectivity index (χ1) is 7.33. The molecule has 0 radical (unpaired) electrons. The molecule has 0 N–H and O–H groups in total. The predicted octanol–water partition coefficient (Wildman–Crippen LogP) is 4.22. The third-order valence-corrected chi connectivity index (χ3v) is 2.79. The van der Waals surface area contributed by atoms with Gasteiger partial charge in [0.05, 0.1) is 0 Å². The fourth-order valence-electron chi connectivity index (χ4n) is 1.81. The minimum Gasteiger partial charge on any atom is -0.0991 e. The maximum absolute atomic E-state index is 4.19. The minimum atomic E-state index is 0.718. The quantitative estimate of drug-likeness (QED) is 0.632. The van der Waals surface area contributed by atoms with Crippen molar-refractivity contribution < 1.29 is 0 Å². The highest BCUT2D eigenvalue weighted by Gasteiger charge is 2.27. The number of benzene rings is 1. The Hall–Kier alpha value is -1.56. The van der Waals surface area contributed by atoms with Gasteiger partial charge in [0.2, 0.25) is 0 Å². The first-order valence-electron chi connectivity index (χ1n) is 5.40. The van der Waals surface area contributed by atoms with Crippen molar-refractivity contribution >= 4 is 5.57 Å². The van der Waals surface area contributed by atoms with Crippen molar-refractivity contribution in [1.29, 1.82) is 0 Å². The van der Waals surface area contributed by atoms with Crippen molar-refractivity contribution in [3.05, 3.63) is 66.8 Å². The topological polar surface area (TPSA) is 0 Å². The summed E-state index contributed by atoms with van der Waals surface area (Å²) in [5, 5.41) is 0. The molecule has 0 aromatic heterocycles. The van der Waals surface area contributed by atoms with E-state index in [9.17, 15) is 0 Å². The summed E-state index contributed by atoms with van der Waals surface area (Å²) in [5.74, 6) is 0.718. The number of allylic oxidation sites excluding steroid dienone is 4. The highest BCUT2D eigenvalue weighted by Crippen LogP contribution is 2.42. The molecule has 2 rings (SSSR count). The lowest BCUT2D eigenvalue weighted by Gasteiger charge is -2.09. The van der Waals surface area contributed by atoms with Crippen LogP contribution in [-0.4, -0.2) is 0 Å². The second-order valence-corrected chi connectivity index (χ2v) is 3.98. The summed E-state index contributed by atoms with van der Waals surface area (Å²) in [6, 6.07) is 10.4. The van der Waals surface area contributed by atoms with Crippen LogP contribution in [0.2, 0.25) is 0 Å². The zero-order valence-electron chi connectivity index (χ0n) is 8.95. The zero-order valence-corrected chi connectivity index (χ0v) is 8.95. The van der Waals surface area contributed by atoms with E-state index >= 15 is 0 Å². The molecule has 0 saturated heterocycles. The van der Waals surface area contributed by atoms with Gasteiger partial charge in [-0.3, -0.25) is 0 Å². The number of rotatable bonds is 4. The van der Waals surface area contributed by atoms with Crippen LogP contribution in [0.4, 0.5) is 0 Å².